The van der Waals surface area contributed by atoms with E-state index in [1.165, 1.54) is 23.4 Å². The van der Waals surface area contributed by atoms with Gasteiger partial charge in [-0.15, -0.1) is 0 Å². The van der Waals surface area contributed by atoms with Gasteiger partial charge < -0.3 is 5.32 Å². The molecule has 0 bridgehead atoms. The van der Waals surface area contributed by atoms with E-state index < -0.39 is 6.04 Å². The molecule has 1 atom stereocenters. The fourth-order valence-electron chi connectivity index (χ4n) is 3.05. The number of rotatable bonds is 1. The van der Waals surface area contributed by atoms with Crippen LogP contribution in [-0.4, -0.2) is 14.1 Å². The quantitative estimate of drug-likeness (QED) is 0.440. The van der Waals surface area contributed by atoms with Crippen molar-refractivity contribution in [2.24, 2.45) is 14.1 Å². The second-order valence-corrected chi connectivity index (χ2v) is 8.42. The maximum absolute atomic E-state index is 13.0. The highest BCUT2D eigenvalue weighted by Crippen LogP contribution is 2.42. The van der Waals surface area contributed by atoms with E-state index in [9.17, 15) is 9.59 Å². The van der Waals surface area contributed by atoms with Crippen LogP contribution >= 0.6 is 39.3 Å². The number of aromatic nitrogens is 3. The second kappa shape index (κ2) is 6.85. The lowest BCUT2D eigenvalue weighted by molar-refractivity contribution is 0.608. The average Bonchev–Trinajstić information content (AvgIpc) is 2.82. The number of halogens is 2. The molecule has 0 amide bonds. The Balaban J connectivity index is 2.05. The van der Waals surface area contributed by atoms with Crippen LogP contribution in [0.15, 0.2) is 60.5 Å². The first-order valence-electron chi connectivity index (χ1n) is 8.03. The molecular weight excluding hydrogens is 452 g/mol. The molecule has 0 saturated carbocycles. The van der Waals surface area contributed by atoms with Gasteiger partial charge in [0.1, 0.15) is 10.2 Å². The molecule has 27 heavy (non-hydrogen) atoms. The van der Waals surface area contributed by atoms with Crippen LogP contribution in [0.1, 0.15) is 17.2 Å². The third-order valence-electron chi connectivity index (χ3n) is 4.46. The fraction of sp³-hybridized carbons (Fsp3) is 0.167. The molecule has 138 valence electrons. The fourth-order valence-corrected chi connectivity index (χ4v) is 4.61. The van der Waals surface area contributed by atoms with E-state index in [1.54, 1.807) is 13.1 Å². The van der Waals surface area contributed by atoms with Gasteiger partial charge in [0.2, 0.25) is 0 Å². The molecule has 4 rings (SSSR count). The topological polar surface area (TPSA) is 68.9 Å². The Morgan fingerprint density at radius 1 is 1.11 bits per heavy atom. The van der Waals surface area contributed by atoms with Crippen LogP contribution in [-0.2, 0) is 14.1 Å². The predicted molar refractivity (Wildman–Crippen MR) is 110 cm³/mol. The number of nitrogens with zero attached hydrogens (tertiary/aromatic N) is 3. The number of anilines is 1. The molecule has 3 aromatic rings. The first-order chi connectivity index (χ1) is 12.9. The monoisotopic (exact) mass is 464 g/mol. The van der Waals surface area contributed by atoms with Gasteiger partial charge in [0.25, 0.3) is 5.56 Å². The Hall–Kier alpha value is -2.03. The van der Waals surface area contributed by atoms with Crippen LogP contribution in [0, 0.1) is 0 Å². The van der Waals surface area contributed by atoms with Crippen LogP contribution in [0.2, 0.25) is 5.15 Å². The number of benzene rings is 1. The summed E-state index contributed by atoms with van der Waals surface area (Å²) in [7, 11) is 3.14. The zero-order chi connectivity index (χ0) is 19.3. The van der Waals surface area contributed by atoms with Gasteiger partial charge in [0.05, 0.1) is 22.3 Å². The van der Waals surface area contributed by atoms with Crippen molar-refractivity contribution < 1.29 is 0 Å². The Morgan fingerprint density at radius 3 is 2.52 bits per heavy atom. The molecule has 0 spiro atoms. The zero-order valence-electron chi connectivity index (χ0n) is 14.4. The summed E-state index contributed by atoms with van der Waals surface area (Å²) in [6, 6.07) is 10.8. The van der Waals surface area contributed by atoms with Crippen molar-refractivity contribution in [1.29, 1.82) is 0 Å². The number of pyridine rings is 1. The Bertz CT molecular complexity index is 1170. The van der Waals surface area contributed by atoms with Gasteiger partial charge in [-0.25, -0.2) is 9.78 Å². The van der Waals surface area contributed by atoms with Crippen molar-refractivity contribution in [3.8, 4) is 0 Å². The van der Waals surface area contributed by atoms with Crippen LogP contribution in [0.5, 0.6) is 0 Å². The molecule has 9 heteroatoms. The van der Waals surface area contributed by atoms with Crippen LogP contribution in [0.3, 0.4) is 0 Å². The summed E-state index contributed by atoms with van der Waals surface area (Å²) in [5.41, 5.74) is 1.44. The van der Waals surface area contributed by atoms with E-state index in [0.717, 1.165) is 20.3 Å². The number of hydrogen-bond acceptors (Lipinski definition) is 5. The van der Waals surface area contributed by atoms with E-state index in [4.69, 9.17) is 11.6 Å². The summed E-state index contributed by atoms with van der Waals surface area (Å²) < 4.78 is 3.55. The van der Waals surface area contributed by atoms with Gasteiger partial charge in [-0.05, 0) is 41.6 Å². The number of hydrogen-bond donors (Lipinski definition) is 1. The molecule has 0 radical (unpaired) electrons. The highest BCUT2D eigenvalue weighted by atomic mass is 79.9. The maximum Gasteiger partial charge on any atom is 0.331 e. The molecule has 0 fully saturated rings. The molecule has 1 aromatic carbocycles. The van der Waals surface area contributed by atoms with Crippen molar-refractivity contribution in [2.75, 3.05) is 5.32 Å². The first-order valence-corrected chi connectivity index (χ1v) is 10.0. The predicted octanol–water partition coefficient (Wildman–Crippen LogP) is 3.56. The van der Waals surface area contributed by atoms with Gasteiger partial charge in [-0.2, -0.15) is 0 Å². The van der Waals surface area contributed by atoms with Crippen molar-refractivity contribution >= 4 is 45.0 Å². The molecule has 2 aromatic heterocycles. The first kappa shape index (κ1) is 18.3. The molecule has 1 aliphatic rings. The standard InChI is InChI=1S/C18H14BrClN4O2S/c1-23-16(25)13-14(9-3-5-10(19)6-4-9)21-11-7-8-12(20)22-15(11)27-17(13)24(2)18(23)26/h3-8,14,21H,1-2H3. The van der Waals surface area contributed by atoms with E-state index in [0.29, 0.717) is 20.8 Å². The Morgan fingerprint density at radius 2 is 1.81 bits per heavy atom. The van der Waals surface area contributed by atoms with Gasteiger partial charge in [-0.1, -0.05) is 39.7 Å². The number of nitrogens with one attached hydrogen (secondary N) is 1. The zero-order valence-corrected chi connectivity index (χ0v) is 17.5. The molecule has 0 aliphatic carbocycles. The molecular formula is C18H14BrClN4O2S. The minimum atomic E-state index is -0.435. The van der Waals surface area contributed by atoms with Crippen molar-refractivity contribution in [2.45, 2.75) is 16.1 Å². The molecule has 0 saturated heterocycles. The molecule has 3 heterocycles. The van der Waals surface area contributed by atoms with E-state index in [2.05, 4.69) is 26.2 Å². The average molecular weight is 466 g/mol. The van der Waals surface area contributed by atoms with Gasteiger partial charge in [0.15, 0.2) is 0 Å². The highest BCUT2D eigenvalue weighted by Gasteiger charge is 2.30. The minimum absolute atomic E-state index is 0.333. The van der Waals surface area contributed by atoms with E-state index >= 15 is 0 Å². The van der Waals surface area contributed by atoms with E-state index in [-0.39, 0.29) is 11.2 Å². The lowest BCUT2D eigenvalue weighted by Crippen LogP contribution is -2.41. The third kappa shape index (κ3) is 3.11. The molecule has 1 unspecified atom stereocenters. The lowest BCUT2D eigenvalue weighted by Gasteiger charge is -2.21. The smallest absolute Gasteiger partial charge is 0.331 e. The van der Waals surface area contributed by atoms with Crippen LogP contribution in [0.4, 0.5) is 5.69 Å². The molecule has 1 N–H and O–H groups in total. The summed E-state index contributed by atoms with van der Waals surface area (Å²) in [5.74, 6) is 0. The van der Waals surface area contributed by atoms with Gasteiger partial charge in [0, 0.05) is 18.6 Å². The highest BCUT2D eigenvalue weighted by molar-refractivity contribution is 9.10. The number of fused-ring (bicyclic) bond motifs is 2. The largest absolute Gasteiger partial charge is 0.372 e. The minimum Gasteiger partial charge on any atom is -0.372 e. The summed E-state index contributed by atoms with van der Waals surface area (Å²) in [4.78, 5) is 29.9. The summed E-state index contributed by atoms with van der Waals surface area (Å²) in [6.07, 6.45) is 0. The van der Waals surface area contributed by atoms with Crippen LogP contribution in [0.25, 0.3) is 0 Å². The summed E-state index contributed by atoms with van der Waals surface area (Å²) in [6.45, 7) is 0. The Labute approximate surface area is 172 Å². The van der Waals surface area contributed by atoms with Gasteiger partial charge in [-0.3, -0.25) is 13.9 Å². The lowest BCUT2D eigenvalue weighted by atomic mass is 10.0. The molecule has 6 nitrogen and oxygen atoms in total. The third-order valence-corrected chi connectivity index (χ3v) is 6.39. The van der Waals surface area contributed by atoms with Gasteiger partial charge >= 0.3 is 5.69 Å². The van der Waals surface area contributed by atoms with Crippen molar-refractivity contribution in [3.05, 3.63) is 78.0 Å². The maximum atomic E-state index is 13.0. The second-order valence-electron chi connectivity index (χ2n) is 6.14. The Kier molecular flexibility index (Phi) is 4.65. The van der Waals surface area contributed by atoms with Crippen LogP contribution < -0.4 is 16.6 Å². The molecule has 1 aliphatic heterocycles. The SMILES string of the molecule is Cn1c2c(c(=O)n(C)c1=O)C(c1ccc(Br)cc1)Nc1ccc(Cl)nc1S2. The summed E-state index contributed by atoms with van der Waals surface area (Å²) in [5, 5.41) is 4.93. The van der Waals surface area contributed by atoms with Crippen molar-refractivity contribution in [3.63, 3.8) is 0 Å². The summed E-state index contributed by atoms with van der Waals surface area (Å²) >= 11 is 10.8. The van der Waals surface area contributed by atoms with Crippen molar-refractivity contribution in [1.82, 2.24) is 14.1 Å². The normalized spacial score (nSPS) is 15.5. The van der Waals surface area contributed by atoms with E-state index in [1.807, 2.05) is 30.3 Å².